The lowest BCUT2D eigenvalue weighted by Crippen LogP contribution is -2.49. The number of hydrogen-bond donors (Lipinski definition) is 1. The van der Waals surface area contributed by atoms with E-state index in [2.05, 4.69) is 10.2 Å². The van der Waals surface area contributed by atoms with Gasteiger partial charge in [0.1, 0.15) is 6.29 Å². The minimum Gasteiger partial charge on any atom is -0.305 e. The molecular formula is C6H12N2O. The monoisotopic (exact) mass is 128 g/mol. The van der Waals surface area contributed by atoms with Gasteiger partial charge in [-0.3, -0.25) is 0 Å². The molecule has 0 amide bonds. The van der Waals surface area contributed by atoms with Gasteiger partial charge in [0.25, 0.3) is 0 Å². The zero-order valence-corrected chi connectivity index (χ0v) is 5.63. The lowest BCUT2D eigenvalue weighted by Gasteiger charge is -2.27. The van der Waals surface area contributed by atoms with Gasteiger partial charge in [-0.25, -0.2) is 0 Å². The topological polar surface area (TPSA) is 32.3 Å². The highest BCUT2D eigenvalue weighted by Gasteiger charge is 2.13. The van der Waals surface area contributed by atoms with Crippen LogP contribution in [0.15, 0.2) is 0 Å². The van der Waals surface area contributed by atoms with Gasteiger partial charge >= 0.3 is 0 Å². The van der Waals surface area contributed by atoms with Crippen LogP contribution in [0.4, 0.5) is 0 Å². The predicted molar refractivity (Wildman–Crippen MR) is 35.4 cm³/mol. The highest BCUT2D eigenvalue weighted by molar-refractivity contribution is 5.58. The number of carbonyl (C=O) groups is 1. The first-order chi connectivity index (χ1) is 4.33. The summed E-state index contributed by atoms with van der Waals surface area (Å²) in [6, 6.07) is 0.0590. The van der Waals surface area contributed by atoms with Gasteiger partial charge in [-0.05, 0) is 7.05 Å². The molecule has 1 unspecified atom stereocenters. The maximum absolute atomic E-state index is 10.2. The molecule has 1 rings (SSSR count). The van der Waals surface area contributed by atoms with E-state index in [-0.39, 0.29) is 6.04 Å². The molecule has 1 fully saturated rings. The molecule has 0 aromatic heterocycles. The molecule has 1 heterocycles. The van der Waals surface area contributed by atoms with Crippen molar-refractivity contribution < 1.29 is 4.79 Å². The molecule has 52 valence electrons. The molecule has 0 saturated carbocycles. The van der Waals surface area contributed by atoms with Gasteiger partial charge in [0.15, 0.2) is 0 Å². The summed E-state index contributed by atoms with van der Waals surface area (Å²) in [6.45, 7) is 2.83. The van der Waals surface area contributed by atoms with Crippen LogP contribution in [0.1, 0.15) is 0 Å². The number of piperazine rings is 1. The third-order valence-electron chi connectivity index (χ3n) is 1.57. The van der Waals surface area contributed by atoms with Gasteiger partial charge < -0.3 is 15.0 Å². The molecule has 1 aliphatic rings. The van der Waals surface area contributed by atoms with E-state index in [1.54, 1.807) is 0 Å². The van der Waals surface area contributed by atoms with E-state index in [0.29, 0.717) is 0 Å². The van der Waals surface area contributed by atoms with Crippen molar-refractivity contribution in [2.24, 2.45) is 0 Å². The van der Waals surface area contributed by atoms with Crippen molar-refractivity contribution in [2.75, 3.05) is 26.7 Å². The van der Waals surface area contributed by atoms with Crippen molar-refractivity contribution >= 4 is 6.29 Å². The predicted octanol–water partition coefficient (Wildman–Crippen LogP) is -0.911. The first-order valence-electron chi connectivity index (χ1n) is 3.20. The number of nitrogens with one attached hydrogen (secondary N) is 1. The van der Waals surface area contributed by atoms with Crippen molar-refractivity contribution in [2.45, 2.75) is 6.04 Å². The normalized spacial score (nSPS) is 30.1. The Morgan fingerprint density at radius 3 is 3.00 bits per heavy atom. The molecule has 3 nitrogen and oxygen atoms in total. The van der Waals surface area contributed by atoms with Crippen LogP contribution in [-0.2, 0) is 4.79 Å². The fourth-order valence-corrected chi connectivity index (χ4v) is 1.02. The van der Waals surface area contributed by atoms with Crippen LogP contribution >= 0.6 is 0 Å². The minimum atomic E-state index is 0.0590. The molecule has 1 saturated heterocycles. The maximum Gasteiger partial charge on any atom is 0.138 e. The highest BCUT2D eigenvalue weighted by Crippen LogP contribution is 1.91. The fourth-order valence-electron chi connectivity index (χ4n) is 1.02. The number of rotatable bonds is 1. The molecule has 0 aromatic rings. The Morgan fingerprint density at radius 2 is 2.56 bits per heavy atom. The van der Waals surface area contributed by atoms with Crippen molar-refractivity contribution in [1.29, 1.82) is 0 Å². The average molecular weight is 128 g/mol. The van der Waals surface area contributed by atoms with Crippen molar-refractivity contribution in [1.82, 2.24) is 10.2 Å². The van der Waals surface area contributed by atoms with E-state index in [9.17, 15) is 4.79 Å². The molecule has 1 N–H and O–H groups in total. The Kier molecular flexibility index (Phi) is 2.19. The van der Waals surface area contributed by atoms with Gasteiger partial charge in [-0.1, -0.05) is 0 Å². The summed E-state index contributed by atoms with van der Waals surface area (Å²) in [5, 5.41) is 3.09. The number of nitrogens with zero attached hydrogens (tertiary/aromatic N) is 1. The smallest absolute Gasteiger partial charge is 0.138 e. The molecule has 1 aliphatic heterocycles. The Hall–Kier alpha value is -0.410. The largest absolute Gasteiger partial charge is 0.305 e. The number of aldehydes is 1. The molecule has 0 radical (unpaired) electrons. The number of hydrogen-bond acceptors (Lipinski definition) is 3. The van der Waals surface area contributed by atoms with Crippen LogP contribution in [-0.4, -0.2) is 43.9 Å². The van der Waals surface area contributed by atoms with Crippen LogP contribution in [0, 0.1) is 0 Å². The molecule has 9 heavy (non-hydrogen) atoms. The van der Waals surface area contributed by atoms with E-state index < -0.39 is 0 Å². The van der Waals surface area contributed by atoms with Gasteiger partial charge in [-0.2, -0.15) is 0 Å². The summed E-state index contributed by atoms with van der Waals surface area (Å²) in [4.78, 5) is 12.4. The second kappa shape index (κ2) is 2.94. The molecule has 3 heteroatoms. The van der Waals surface area contributed by atoms with Crippen LogP contribution < -0.4 is 5.32 Å². The second-order valence-corrected chi connectivity index (χ2v) is 2.46. The number of likely N-dealkylation sites (N-methyl/N-ethyl adjacent to an activating group) is 1. The Bertz CT molecular complexity index is 105. The lowest BCUT2D eigenvalue weighted by molar-refractivity contribution is -0.110. The van der Waals surface area contributed by atoms with E-state index >= 15 is 0 Å². The third kappa shape index (κ3) is 1.77. The molecule has 0 bridgehead atoms. The Morgan fingerprint density at radius 1 is 1.78 bits per heavy atom. The molecule has 0 spiro atoms. The second-order valence-electron chi connectivity index (χ2n) is 2.46. The minimum absolute atomic E-state index is 0.0590. The van der Waals surface area contributed by atoms with Crippen molar-refractivity contribution in [3.8, 4) is 0 Å². The highest BCUT2D eigenvalue weighted by atomic mass is 16.1. The summed E-state index contributed by atoms with van der Waals surface area (Å²) < 4.78 is 0. The Balaban J connectivity index is 2.31. The van der Waals surface area contributed by atoms with Gasteiger partial charge in [0.05, 0.1) is 6.04 Å². The van der Waals surface area contributed by atoms with Crippen LogP contribution in [0.25, 0.3) is 0 Å². The van der Waals surface area contributed by atoms with E-state index in [1.165, 1.54) is 0 Å². The van der Waals surface area contributed by atoms with Gasteiger partial charge in [0, 0.05) is 19.6 Å². The first-order valence-corrected chi connectivity index (χ1v) is 3.20. The SMILES string of the molecule is CN1CCNC(C=O)C1. The number of carbonyl (C=O) groups excluding carboxylic acids is 1. The fraction of sp³-hybridized carbons (Fsp3) is 0.833. The van der Waals surface area contributed by atoms with Gasteiger partial charge in [0.2, 0.25) is 0 Å². The third-order valence-corrected chi connectivity index (χ3v) is 1.57. The van der Waals surface area contributed by atoms with Crippen molar-refractivity contribution in [3.05, 3.63) is 0 Å². The quantitative estimate of drug-likeness (QED) is 0.464. The standard InChI is InChI=1S/C6H12N2O/c1-8-3-2-7-6(4-8)5-9/h5-7H,2-4H2,1H3. The summed E-state index contributed by atoms with van der Waals surface area (Å²) in [5.74, 6) is 0. The van der Waals surface area contributed by atoms with Crippen molar-refractivity contribution in [3.63, 3.8) is 0 Å². The average Bonchev–Trinajstić information content (AvgIpc) is 1.88. The van der Waals surface area contributed by atoms with E-state index in [1.807, 2.05) is 7.05 Å². The Labute approximate surface area is 55.0 Å². The summed E-state index contributed by atoms with van der Waals surface area (Å²) in [7, 11) is 2.03. The van der Waals surface area contributed by atoms with Crippen LogP contribution in [0.3, 0.4) is 0 Å². The zero-order valence-electron chi connectivity index (χ0n) is 5.63. The maximum atomic E-state index is 10.2. The molecule has 1 atom stereocenters. The molecule has 0 aliphatic carbocycles. The van der Waals surface area contributed by atoms with Gasteiger partial charge in [-0.15, -0.1) is 0 Å². The summed E-state index contributed by atoms with van der Waals surface area (Å²) >= 11 is 0. The lowest BCUT2D eigenvalue weighted by atomic mass is 10.2. The summed E-state index contributed by atoms with van der Waals surface area (Å²) in [6.07, 6.45) is 0.968. The molecular weight excluding hydrogens is 116 g/mol. The van der Waals surface area contributed by atoms with Crippen LogP contribution in [0.2, 0.25) is 0 Å². The van der Waals surface area contributed by atoms with Crippen LogP contribution in [0.5, 0.6) is 0 Å². The summed E-state index contributed by atoms with van der Waals surface area (Å²) in [5.41, 5.74) is 0. The molecule has 0 aromatic carbocycles. The zero-order chi connectivity index (χ0) is 6.69. The van der Waals surface area contributed by atoms with E-state index in [4.69, 9.17) is 0 Å². The first kappa shape index (κ1) is 6.71. The van der Waals surface area contributed by atoms with E-state index in [0.717, 1.165) is 25.9 Å².